The predicted octanol–water partition coefficient (Wildman–Crippen LogP) is 3.02. The van der Waals surface area contributed by atoms with E-state index < -0.39 is 10.0 Å². The van der Waals surface area contributed by atoms with Crippen molar-refractivity contribution < 1.29 is 8.42 Å². The first kappa shape index (κ1) is 18.4. The molecule has 1 atom stereocenters. The quantitative estimate of drug-likeness (QED) is 0.753. The van der Waals surface area contributed by atoms with Crippen LogP contribution in [-0.2, 0) is 23.0 Å². The van der Waals surface area contributed by atoms with Gasteiger partial charge in [0.05, 0.1) is 4.90 Å². The second-order valence-electron chi connectivity index (χ2n) is 6.41. The summed E-state index contributed by atoms with van der Waals surface area (Å²) in [5, 5.41) is 0. The van der Waals surface area contributed by atoms with E-state index in [0.717, 1.165) is 38.0 Å². The zero-order valence-corrected chi connectivity index (χ0v) is 15.6. The van der Waals surface area contributed by atoms with Crippen LogP contribution in [-0.4, -0.2) is 38.3 Å². The summed E-state index contributed by atoms with van der Waals surface area (Å²) in [6, 6.07) is 17.2. The minimum absolute atomic E-state index is 0.0452. The Balaban J connectivity index is 1.58. The number of alkyl halides is 1. The van der Waals surface area contributed by atoms with Crippen LogP contribution in [0.15, 0.2) is 59.5 Å². The fourth-order valence-electron chi connectivity index (χ4n) is 3.15. The summed E-state index contributed by atoms with van der Waals surface area (Å²) >= 11 is 5.72. The number of sulfonamides is 1. The van der Waals surface area contributed by atoms with Gasteiger partial charge >= 0.3 is 0 Å². The van der Waals surface area contributed by atoms with Gasteiger partial charge in [0, 0.05) is 31.6 Å². The first-order chi connectivity index (χ1) is 12.1. The fourth-order valence-corrected chi connectivity index (χ4v) is 4.63. The maximum atomic E-state index is 12.6. The van der Waals surface area contributed by atoms with Gasteiger partial charge in [-0.1, -0.05) is 42.5 Å². The largest absolute Gasteiger partial charge is 0.297 e. The van der Waals surface area contributed by atoms with Crippen LogP contribution in [0.25, 0.3) is 0 Å². The van der Waals surface area contributed by atoms with Gasteiger partial charge in [0.1, 0.15) is 0 Å². The molecule has 6 heteroatoms. The van der Waals surface area contributed by atoms with E-state index in [0.29, 0.717) is 10.8 Å². The van der Waals surface area contributed by atoms with Crippen molar-refractivity contribution in [1.29, 1.82) is 0 Å². The minimum Gasteiger partial charge on any atom is -0.297 e. The van der Waals surface area contributed by atoms with Crippen LogP contribution in [0.5, 0.6) is 0 Å². The van der Waals surface area contributed by atoms with Crippen molar-refractivity contribution in [3.63, 3.8) is 0 Å². The molecule has 2 aromatic carbocycles. The number of likely N-dealkylation sites (tertiary alicyclic amines) is 1. The molecule has 2 aromatic rings. The summed E-state index contributed by atoms with van der Waals surface area (Å²) in [7, 11) is -3.48. The zero-order chi connectivity index (χ0) is 17.7. The van der Waals surface area contributed by atoms with E-state index in [-0.39, 0.29) is 6.04 Å². The molecule has 0 saturated carbocycles. The predicted molar refractivity (Wildman–Crippen MR) is 101 cm³/mol. The molecule has 0 bridgehead atoms. The second kappa shape index (κ2) is 8.32. The summed E-state index contributed by atoms with van der Waals surface area (Å²) in [6.07, 6.45) is 1.57. The van der Waals surface area contributed by atoms with Gasteiger partial charge in [0.25, 0.3) is 0 Å². The van der Waals surface area contributed by atoms with Crippen molar-refractivity contribution in [2.45, 2.75) is 30.3 Å². The summed E-state index contributed by atoms with van der Waals surface area (Å²) in [4.78, 5) is 2.60. The Bertz CT molecular complexity index is 779. The molecule has 0 aliphatic carbocycles. The van der Waals surface area contributed by atoms with Crippen LogP contribution in [0.2, 0.25) is 0 Å². The average molecular weight is 379 g/mol. The van der Waals surface area contributed by atoms with Gasteiger partial charge in [-0.2, -0.15) is 0 Å². The van der Waals surface area contributed by atoms with Crippen molar-refractivity contribution in [2.24, 2.45) is 0 Å². The molecule has 1 N–H and O–H groups in total. The molecular formula is C19H23ClN2O2S. The first-order valence-electron chi connectivity index (χ1n) is 8.50. The molecule has 4 nitrogen and oxygen atoms in total. The molecular weight excluding hydrogens is 356 g/mol. The molecule has 1 saturated heterocycles. The van der Waals surface area contributed by atoms with Gasteiger partial charge in [-0.05, 0) is 36.1 Å². The van der Waals surface area contributed by atoms with Crippen molar-refractivity contribution in [3.05, 3.63) is 65.7 Å². The SMILES string of the molecule is O=S(=O)(NC1CCN(Cc2ccccc2)C1)c1ccc(CCCl)cc1. The first-order valence-corrected chi connectivity index (χ1v) is 10.5. The summed E-state index contributed by atoms with van der Waals surface area (Å²) < 4.78 is 28.0. The van der Waals surface area contributed by atoms with Gasteiger partial charge in [-0.3, -0.25) is 4.90 Å². The van der Waals surface area contributed by atoms with E-state index in [9.17, 15) is 8.42 Å². The van der Waals surface area contributed by atoms with Crippen molar-refractivity contribution >= 4 is 21.6 Å². The van der Waals surface area contributed by atoms with E-state index in [2.05, 4.69) is 21.8 Å². The molecule has 1 heterocycles. The Morgan fingerprint density at radius 1 is 1.04 bits per heavy atom. The number of hydrogen-bond acceptors (Lipinski definition) is 3. The smallest absolute Gasteiger partial charge is 0.240 e. The van der Waals surface area contributed by atoms with Crippen LogP contribution < -0.4 is 4.72 Å². The van der Waals surface area contributed by atoms with Gasteiger partial charge in [0.2, 0.25) is 10.0 Å². The molecule has 1 unspecified atom stereocenters. The lowest BCUT2D eigenvalue weighted by Crippen LogP contribution is -2.36. The van der Waals surface area contributed by atoms with Crippen LogP contribution in [0.4, 0.5) is 0 Å². The number of hydrogen-bond donors (Lipinski definition) is 1. The highest BCUT2D eigenvalue weighted by Crippen LogP contribution is 2.17. The summed E-state index contributed by atoms with van der Waals surface area (Å²) in [5.74, 6) is 0.531. The Hall–Kier alpha value is -1.40. The normalized spacial score (nSPS) is 18.5. The highest BCUT2D eigenvalue weighted by atomic mass is 35.5. The van der Waals surface area contributed by atoms with Crippen molar-refractivity contribution in [1.82, 2.24) is 9.62 Å². The number of rotatable bonds is 7. The van der Waals surface area contributed by atoms with Crippen LogP contribution in [0, 0.1) is 0 Å². The number of aryl methyl sites for hydroxylation is 1. The van der Waals surface area contributed by atoms with E-state index in [1.54, 1.807) is 12.1 Å². The van der Waals surface area contributed by atoms with Crippen LogP contribution in [0.1, 0.15) is 17.5 Å². The van der Waals surface area contributed by atoms with E-state index in [4.69, 9.17) is 11.6 Å². The Labute approximate surface area is 154 Å². The van der Waals surface area contributed by atoms with E-state index >= 15 is 0 Å². The Morgan fingerprint density at radius 2 is 1.76 bits per heavy atom. The van der Waals surface area contributed by atoms with Gasteiger partial charge in [-0.25, -0.2) is 13.1 Å². The molecule has 1 fully saturated rings. The topological polar surface area (TPSA) is 49.4 Å². The molecule has 0 spiro atoms. The maximum absolute atomic E-state index is 12.6. The van der Waals surface area contributed by atoms with Gasteiger partial charge in [-0.15, -0.1) is 11.6 Å². The average Bonchev–Trinajstić information content (AvgIpc) is 3.03. The van der Waals surface area contributed by atoms with Crippen LogP contribution >= 0.6 is 11.6 Å². The molecule has 3 rings (SSSR count). The molecule has 25 heavy (non-hydrogen) atoms. The molecule has 0 aromatic heterocycles. The number of nitrogens with one attached hydrogen (secondary N) is 1. The lowest BCUT2D eigenvalue weighted by atomic mass is 10.2. The second-order valence-corrected chi connectivity index (χ2v) is 8.50. The van der Waals surface area contributed by atoms with Gasteiger partial charge < -0.3 is 0 Å². The fraction of sp³-hybridized carbons (Fsp3) is 0.368. The van der Waals surface area contributed by atoms with E-state index in [1.165, 1.54) is 5.56 Å². The van der Waals surface area contributed by atoms with Crippen LogP contribution in [0.3, 0.4) is 0 Å². The zero-order valence-electron chi connectivity index (χ0n) is 14.1. The van der Waals surface area contributed by atoms with E-state index in [1.807, 2.05) is 30.3 Å². The summed E-state index contributed by atoms with van der Waals surface area (Å²) in [6.45, 7) is 2.49. The number of nitrogens with zero attached hydrogens (tertiary/aromatic N) is 1. The number of halogens is 1. The highest BCUT2D eigenvalue weighted by molar-refractivity contribution is 7.89. The summed E-state index contributed by atoms with van der Waals surface area (Å²) in [5.41, 5.74) is 2.30. The minimum atomic E-state index is -3.48. The molecule has 1 aliphatic heterocycles. The third-order valence-electron chi connectivity index (χ3n) is 4.46. The Morgan fingerprint density at radius 3 is 2.44 bits per heavy atom. The standard InChI is InChI=1S/C19H23ClN2O2S/c20-12-10-16-6-8-19(9-7-16)25(23,24)21-18-11-13-22(15-18)14-17-4-2-1-3-5-17/h1-9,18,21H,10-15H2. The third kappa shape index (κ3) is 5.05. The third-order valence-corrected chi connectivity index (χ3v) is 6.19. The molecule has 134 valence electrons. The highest BCUT2D eigenvalue weighted by Gasteiger charge is 2.27. The lowest BCUT2D eigenvalue weighted by molar-refractivity contribution is 0.324. The van der Waals surface area contributed by atoms with Gasteiger partial charge in [0.15, 0.2) is 0 Å². The van der Waals surface area contributed by atoms with Crippen molar-refractivity contribution in [2.75, 3.05) is 19.0 Å². The Kier molecular flexibility index (Phi) is 6.12. The molecule has 1 aliphatic rings. The molecule has 0 radical (unpaired) electrons. The maximum Gasteiger partial charge on any atom is 0.240 e. The molecule has 0 amide bonds. The number of benzene rings is 2. The van der Waals surface area contributed by atoms with Crippen molar-refractivity contribution in [3.8, 4) is 0 Å². The lowest BCUT2D eigenvalue weighted by Gasteiger charge is -2.17. The monoisotopic (exact) mass is 378 g/mol.